The second-order valence-electron chi connectivity index (χ2n) is 7.35. The number of aliphatic hydroxyl groups is 2. The van der Waals surface area contributed by atoms with Crippen molar-refractivity contribution in [2.45, 2.75) is 83.4 Å². The van der Waals surface area contributed by atoms with Gasteiger partial charge in [-0.15, -0.1) is 0 Å². The molecule has 0 bridgehead atoms. The van der Waals surface area contributed by atoms with E-state index in [-0.39, 0.29) is 24.7 Å². The highest BCUT2D eigenvalue weighted by molar-refractivity contribution is 6.77. The van der Waals surface area contributed by atoms with Crippen LogP contribution >= 0.6 is 0 Å². The molecule has 4 nitrogen and oxygen atoms in total. The fourth-order valence-electron chi connectivity index (χ4n) is 3.95. The molecule has 1 fully saturated rings. The zero-order chi connectivity index (χ0) is 16.4. The van der Waals surface area contributed by atoms with Crippen molar-refractivity contribution in [2.24, 2.45) is 5.92 Å². The van der Waals surface area contributed by atoms with E-state index in [9.17, 15) is 10.2 Å². The van der Waals surface area contributed by atoms with Crippen LogP contribution in [0.3, 0.4) is 0 Å². The molecule has 0 amide bonds. The summed E-state index contributed by atoms with van der Waals surface area (Å²) in [6.07, 6.45) is -0.547. The van der Waals surface area contributed by atoms with Crippen LogP contribution in [0.5, 0.6) is 0 Å². The molecular formula is C16H34O4Si. The summed E-state index contributed by atoms with van der Waals surface area (Å²) in [5.41, 5.74) is 1.48. The lowest BCUT2D eigenvalue weighted by Crippen LogP contribution is -2.50. The minimum atomic E-state index is -1.96. The molecule has 0 aromatic rings. The third-order valence-electron chi connectivity index (χ3n) is 5.10. The molecule has 1 aliphatic rings. The molecule has 1 saturated heterocycles. The summed E-state index contributed by atoms with van der Waals surface area (Å²) in [6, 6.07) is 0. The van der Waals surface area contributed by atoms with Crippen LogP contribution in [-0.2, 0) is 9.16 Å². The summed E-state index contributed by atoms with van der Waals surface area (Å²) in [7, 11) is -1.96. The zero-order valence-electron chi connectivity index (χ0n) is 14.7. The Morgan fingerprint density at radius 1 is 1.05 bits per heavy atom. The Kier molecular flexibility index (Phi) is 6.87. The Morgan fingerprint density at radius 3 is 1.76 bits per heavy atom. The van der Waals surface area contributed by atoms with Crippen molar-refractivity contribution in [1.82, 2.24) is 0 Å². The average Bonchev–Trinajstić information content (AvgIpc) is 3.06. The lowest BCUT2D eigenvalue weighted by atomic mass is 9.98. The highest BCUT2D eigenvalue weighted by Gasteiger charge is 2.48. The van der Waals surface area contributed by atoms with Gasteiger partial charge in [-0.3, -0.25) is 0 Å². The lowest BCUT2D eigenvalue weighted by Gasteiger charge is -2.43. The minimum Gasteiger partial charge on any atom is -0.413 e. The zero-order valence-corrected chi connectivity index (χ0v) is 15.7. The van der Waals surface area contributed by atoms with Gasteiger partial charge >= 0.3 is 0 Å². The number of hydrogen-bond donors (Lipinski definition) is 2. The van der Waals surface area contributed by atoms with E-state index in [0.717, 1.165) is 0 Å². The maximum Gasteiger partial charge on any atom is 0.200 e. The molecule has 126 valence electrons. The SMILES string of the molecule is CC(C)[Si](OC[C@@H](O)[C@H](CO)[C@H]1O[C@@H]1C)(C(C)C)C(C)C. The Bertz CT molecular complexity index is 298. The monoisotopic (exact) mass is 318 g/mol. The normalized spacial score (nSPS) is 25.7. The van der Waals surface area contributed by atoms with Crippen molar-refractivity contribution in [2.75, 3.05) is 13.2 Å². The molecule has 5 heteroatoms. The van der Waals surface area contributed by atoms with Crippen LogP contribution < -0.4 is 0 Å². The van der Waals surface area contributed by atoms with Gasteiger partial charge in [0.2, 0.25) is 0 Å². The molecule has 21 heavy (non-hydrogen) atoms. The van der Waals surface area contributed by atoms with E-state index in [1.807, 2.05) is 6.92 Å². The van der Waals surface area contributed by atoms with Gasteiger partial charge in [-0.2, -0.15) is 0 Å². The van der Waals surface area contributed by atoms with Crippen LogP contribution in [0.1, 0.15) is 48.5 Å². The number of rotatable bonds is 9. The number of epoxide rings is 1. The second kappa shape index (κ2) is 7.55. The van der Waals surface area contributed by atoms with Gasteiger partial charge in [0, 0.05) is 5.92 Å². The van der Waals surface area contributed by atoms with E-state index in [2.05, 4.69) is 41.5 Å². The van der Waals surface area contributed by atoms with Crippen LogP contribution in [0.25, 0.3) is 0 Å². The first-order valence-corrected chi connectivity index (χ1v) is 10.4. The smallest absolute Gasteiger partial charge is 0.200 e. The highest BCUT2D eigenvalue weighted by atomic mass is 28.4. The fourth-order valence-corrected chi connectivity index (χ4v) is 9.41. The first-order chi connectivity index (χ1) is 9.68. The number of hydrogen-bond acceptors (Lipinski definition) is 4. The first-order valence-electron chi connectivity index (χ1n) is 8.26. The van der Waals surface area contributed by atoms with Crippen molar-refractivity contribution >= 4 is 8.32 Å². The van der Waals surface area contributed by atoms with Crippen molar-refractivity contribution in [1.29, 1.82) is 0 Å². The largest absolute Gasteiger partial charge is 0.413 e. The topological polar surface area (TPSA) is 62.2 Å². The maximum absolute atomic E-state index is 10.4. The number of ether oxygens (including phenoxy) is 1. The Balaban J connectivity index is 2.72. The fraction of sp³-hybridized carbons (Fsp3) is 1.00. The molecule has 1 aliphatic heterocycles. The van der Waals surface area contributed by atoms with Crippen molar-refractivity contribution in [3.8, 4) is 0 Å². The minimum absolute atomic E-state index is 0.0261. The van der Waals surface area contributed by atoms with E-state index in [1.54, 1.807) is 0 Å². The Labute approximate surface area is 131 Å². The molecule has 0 saturated carbocycles. The summed E-state index contributed by atoms with van der Waals surface area (Å²) in [5, 5.41) is 19.9. The summed E-state index contributed by atoms with van der Waals surface area (Å²) in [4.78, 5) is 0. The summed E-state index contributed by atoms with van der Waals surface area (Å²) in [5.74, 6) is -0.238. The Hall–Kier alpha value is 0.0569. The van der Waals surface area contributed by atoms with E-state index >= 15 is 0 Å². The lowest BCUT2D eigenvalue weighted by molar-refractivity contribution is 0.0134. The standard InChI is InChI=1S/C16H34O4Si/c1-10(2)21(11(3)4,12(5)6)19-9-15(18)14(8-17)16-13(7)20-16/h10-18H,8-9H2,1-7H3/t13-,14+,15-,16+/m1/s1. The molecular weight excluding hydrogens is 284 g/mol. The van der Waals surface area contributed by atoms with Crippen LogP contribution in [0.4, 0.5) is 0 Å². The van der Waals surface area contributed by atoms with E-state index in [1.165, 1.54) is 0 Å². The molecule has 1 heterocycles. The van der Waals surface area contributed by atoms with Gasteiger partial charge in [-0.05, 0) is 23.5 Å². The average molecular weight is 319 g/mol. The van der Waals surface area contributed by atoms with Crippen molar-refractivity contribution in [3.63, 3.8) is 0 Å². The van der Waals surface area contributed by atoms with Gasteiger partial charge in [0.15, 0.2) is 8.32 Å². The third kappa shape index (κ3) is 4.08. The molecule has 1 rings (SSSR count). The molecule has 0 aromatic heterocycles. The van der Waals surface area contributed by atoms with Crippen LogP contribution in [0.15, 0.2) is 0 Å². The van der Waals surface area contributed by atoms with E-state index in [4.69, 9.17) is 9.16 Å². The second-order valence-corrected chi connectivity index (χ2v) is 12.8. The molecule has 0 radical (unpaired) electrons. The van der Waals surface area contributed by atoms with Crippen LogP contribution in [0, 0.1) is 5.92 Å². The van der Waals surface area contributed by atoms with E-state index < -0.39 is 14.4 Å². The Morgan fingerprint density at radius 2 is 1.48 bits per heavy atom. The predicted molar refractivity (Wildman–Crippen MR) is 87.9 cm³/mol. The summed E-state index contributed by atoms with van der Waals surface area (Å²) >= 11 is 0. The summed E-state index contributed by atoms with van der Waals surface area (Å²) < 4.78 is 11.8. The van der Waals surface area contributed by atoms with Crippen LogP contribution in [0.2, 0.25) is 16.6 Å². The van der Waals surface area contributed by atoms with Crippen molar-refractivity contribution < 1.29 is 19.4 Å². The molecule has 2 N–H and O–H groups in total. The molecule has 0 spiro atoms. The quantitative estimate of drug-likeness (QED) is 0.507. The van der Waals surface area contributed by atoms with Gasteiger partial charge in [0.05, 0.1) is 31.5 Å². The van der Waals surface area contributed by atoms with Crippen LogP contribution in [-0.4, -0.2) is 50.1 Å². The number of aliphatic hydroxyl groups excluding tert-OH is 2. The maximum atomic E-state index is 10.4. The van der Waals surface area contributed by atoms with E-state index in [0.29, 0.717) is 23.2 Å². The summed E-state index contributed by atoms with van der Waals surface area (Å²) in [6.45, 7) is 15.6. The predicted octanol–water partition coefficient (Wildman–Crippen LogP) is 2.94. The van der Waals surface area contributed by atoms with Gasteiger partial charge in [0.25, 0.3) is 0 Å². The molecule has 4 atom stereocenters. The molecule has 0 aliphatic carbocycles. The van der Waals surface area contributed by atoms with Gasteiger partial charge in [-0.25, -0.2) is 0 Å². The van der Waals surface area contributed by atoms with Gasteiger partial charge in [0.1, 0.15) is 0 Å². The van der Waals surface area contributed by atoms with Gasteiger partial charge < -0.3 is 19.4 Å². The van der Waals surface area contributed by atoms with Gasteiger partial charge in [-0.1, -0.05) is 41.5 Å². The first kappa shape index (κ1) is 19.1. The molecule has 0 aromatic carbocycles. The highest BCUT2D eigenvalue weighted by Crippen LogP contribution is 2.42. The van der Waals surface area contributed by atoms with Crippen molar-refractivity contribution in [3.05, 3.63) is 0 Å². The third-order valence-corrected chi connectivity index (χ3v) is 11.2. The molecule has 0 unspecified atom stereocenters.